The van der Waals surface area contributed by atoms with Gasteiger partial charge in [-0.05, 0) is 38.8 Å². The number of amides is 2. The predicted molar refractivity (Wildman–Crippen MR) is 111 cm³/mol. The highest BCUT2D eigenvalue weighted by Gasteiger charge is 2.25. The van der Waals surface area contributed by atoms with Gasteiger partial charge in [-0.2, -0.15) is 9.90 Å². The first-order valence-electron chi connectivity index (χ1n) is 9.99. The van der Waals surface area contributed by atoms with Crippen LogP contribution in [0.3, 0.4) is 0 Å². The molecular weight excluding hydrogens is 368 g/mol. The summed E-state index contributed by atoms with van der Waals surface area (Å²) in [6.45, 7) is 8.98. The van der Waals surface area contributed by atoms with Gasteiger partial charge in [-0.25, -0.2) is 0 Å². The van der Waals surface area contributed by atoms with Gasteiger partial charge >= 0.3 is 0 Å². The highest BCUT2D eigenvalue weighted by atomic mass is 16.2. The fourth-order valence-electron chi connectivity index (χ4n) is 3.53. The number of likely N-dealkylation sites (N-methyl/N-ethyl adjacent to an activating group) is 1. The van der Waals surface area contributed by atoms with Gasteiger partial charge in [0.15, 0.2) is 5.69 Å². The largest absolute Gasteiger partial charge is 0.348 e. The number of hydrogen-bond acceptors (Lipinski definition) is 5. The lowest BCUT2D eigenvalue weighted by atomic mass is 10.1. The Labute approximate surface area is 172 Å². The minimum absolute atomic E-state index is 0.0806. The number of benzene rings is 1. The van der Waals surface area contributed by atoms with E-state index in [1.165, 1.54) is 5.56 Å². The van der Waals surface area contributed by atoms with Gasteiger partial charge in [0.2, 0.25) is 5.91 Å². The van der Waals surface area contributed by atoms with Crippen LogP contribution in [0.2, 0.25) is 0 Å². The summed E-state index contributed by atoms with van der Waals surface area (Å²) in [6, 6.07) is 6.07. The van der Waals surface area contributed by atoms with Crippen molar-refractivity contribution in [1.82, 2.24) is 29.7 Å². The van der Waals surface area contributed by atoms with Crippen LogP contribution in [0.25, 0.3) is 5.69 Å². The molecule has 2 aromatic rings. The number of aryl methyl sites for hydroxylation is 3. The molecule has 29 heavy (non-hydrogen) atoms. The van der Waals surface area contributed by atoms with Gasteiger partial charge in [0.05, 0.1) is 17.9 Å². The molecule has 0 atom stereocenters. The van der Waals surface area contributed by atoms with Crippen molar-refractivity contribution >= 4 is 11.8 Å². The fourth-order valence-corrected chi connectivity index (χ4v) is 3.53. The molecule has 0 aliphatic carbocycles. The van der Waals surface area contributed by atoms with Gasteiger partial charge in [0.25, 0.3) is 5.91 Å². The van der Waals surface area contributed by atoms with Crippen LogP contribution < -0.4 is 0 Å². The number of hydrogen-bond donors (Lipinski definition) is 0. The Bertz CT molecular complexity index is 905. The molecule has 1 saturated heterocycles. The van der Waals surface area contributed by atoms with Gasteiger partial charge in [0, 0.05) is 40.3 Å². The van der Waals surface area contributed by atoms with E-state index < -0.39 is 0 Å². The lowest BCUT2D eigenvalue weighted by molar-refractivity contribution is -0.129. The second-order valence-corrected chi connectivity index (χ2v) is 7.92. The van der Waals surface area contributed by atoms with E-state index in [0.29, 0.717) is 37.6 Å². The van der Waals surface area contributed by atoms with Crippen molar-refractivity contribution in [2.75, 3.05) is 46.8 Å². The molecule has 0 saturated carbocycles. The molecule has 0 spiro atoms. The van der Waals surface area contributed by atoms with Crippen LogP contribution in [0.15, 0.2) is 18.2 Å². The van der Waals surface area contributed by atoms with Crippen LogP contribution in [0.5, 0.6) is 0 Å². The lowest BCUT2D eigenvalue weighted by Crippen LogP contribution is -2.39. The van der Waals surface area contributed by atoms with Crippen LogP contribution in [-0.2, 0) is 4.79 Å². The summed E-state index contributed by atoms with van der Waals surface area (Å²) < 4.78 is 0. The Balaban J connectivity index is 1.72. The average molecular weight is 399 g/mol. The number of rotatable bonds is 4. The third-order valence-electron chi connectivity index (χ3n) is 5.29. The topological polar surface area (TPSA) is 74.6 Å². The first-order valence-corrected chi connectivity index (χ1v) is 9.99. The van der Waals surface area contributed by atoms with Crippen molar-refractivity contribution in [3.63, 3.8) is 0 Å². The maximum Gasteiger partial charge on any atom is 0.276 e. The van der Waals surface area contributed by atoms with E-state index in [0.717, 1.165) is 24.2 Å². The molecule has 0 unspecified atom stereocenters. The van der Waals surface area contributed by atoms with Crippen LogP contribution >= 0.6 is 0 Å². The summed E-state index contributed by atoms with van der Waals surface area (Å²) in [5.74, 6) is -0.0173. The summed E-state index contributed by atoms with van der Waals surface area (Å²) in [6.07, 6.45) is 0.830. The molecule has 0 N–H and O–H groups in total. The zero-order chi connectivity index (χ0) is 21.1. The zero-order valence-corrected chi connectivity index (χ0v) is 18.0. The summed E-state index contributed by atoms with van der Waals surface area (Å²) in [7, 11) is 3.52. The van der Waals surface area contributed by atoms with Crippen LogP contribution in [-0.4, -0.2) is 88.3 Å². The molecule has 0 bridgehead atoms. The first-order chi connectivity index (χ1) is 13.8. The molecule has 0 radical (unpaired) electrons. The first kappa shape index (κ1) is 21.0. The summed E-state index contributed by atoms with van der Waals surface area (Å²) >= 11 is 0. The molecule has 2 amide bonds. The highest BCUT2D eigenvalue weighted by Crippen LogP contribution is 2.16. The van der Waals surface area contributed by atoms with Gasteiger partial charge in [0.1, 0.15) is 0 Å². The Morgan fingerprint density at radius 2 is 1.79 bits per heavy atom. The maximum absolute atomic E-state index is 13.1. The van der Waals surface area contributed by atoms with Crippen molar-refractivity contribution in [2.24, 2.45) is 0 Å². The zero-order valence-electron chi connectivity index (χ0n) is 18.0. The Hall–Kier alpha value is -2.74. The maximum atomic E-state index is 13.1. The number of carbonyl (C=O) groups excluding carboxylic acids is 2. The van der Waals surface area contributed by atoms with E-state index in [4.69, 9.17) is 0 Å². The van der Waals surface area contributed by atoms with E-state index >= 15 is 0 Å². The van der Waals surface area contributed by atoms with Gasteiger partial charge < -0.3 is 9.80 Å². The summed E-state index contributed by atoms with van der Waals surface area (Å²) in [5.41, 5.74) is 4.13. The third kappa shape index (κ3) is 4.82. The van der Waals surface area contributed by atoms with Gasteiger partial charge in [-0.15, -0.1) is 5.10 Å². The van der Waals surface area contributed by atoms with E-state index in [1.54, 1.807) is 23.8 Å². The van der Waals surface area contributed by atoms with Crippen molar-refractivity contribution in [3.05, 3.63) is 40.7 Å². The molecule has 1 aromatic carbocycles. The molecule has 156 valence electrons. The average Bonchev–Trinajstić information content (AvgIpc) is 2.89. The number of nitrogens with zero attached hydrogens (tertiary/aromatic N) is 6. The smallest absolute Gasteiger partial charge is 0.276 e. The Morgan fingerprint density at radius 1 is 1.03 bits per heavy atom. The molecule has 2 heterocycles. The SMILES string of the molecule is Cc1ccc(-n2nc(C)c(C(=O)N3CCCN(CC(=O)N(C)C)CC3)n2)c(C)c1. The number of aromatic nitrogens is 3. The standard InChI is InChI=1S/C21H30N6O2/c1-15-7-8-18(16(2)13-15)27-22-17(3)20(23-27)21(29)26-10-6-9-25(11-12-26)14-19(28)24(4)5/h7-8,13H,6,9-12,14H2,1-5H3. The molecular formula is C21H30N6O2. The number of carbonyl (C=O) groups is 2. The minimum atomic E-state index is -0.0979. The van der Waals surface area contributed by atoms with Crippen molar-refractivity contribution in [1.29, 1.82) is 0 Å². The molecule has 8 heteroatoms. The van der Waals surface area contributed by atoms with E-state index in [-0.39, 0.29) is 11.8 Å². The van der Waals surface area contributed by atoms with E-state index in [2.05, 4.69) is 21.2 Å². The third-order valence-corrected chi connectivity index (χ3v) is 5.29. The van der Waals surface area contributed by atoms with Gasteiger partial charge in [-0.1, -0.05) is 17.7 Å². The molecule has 1 aliphatic rings. The molecule has 1 aromatic heterocycles. The van der Waals surface area contributed by atoms with Crippen molar-refractivity contribution < 1.29 is 9.59 Å². The summed E-state index contributed by atoms with van der Waals surface area (Å²) in [4.78, 5) is 32.2. The van der Waals surface area contributed by atoms with Crippen LogP contribution in [0, 0.1) is 20.8 Å². The van der Waals surface area contributed by atoms with Crippen LogP contribution in [0.1, 0.15) is 33.7 Å². The minimum Gasteiger partial charge on any atom is -0.348 e. The van der Waals surface area contributed by atoms with E-state index in [9.17, 15) is 9.59 Å². The quantitative estimate of drug-likeness (QED) is 0.779. The lowest BCUT2D eigenvalue weighted by Gasteiger charge is -2.22. The van der Waals surface area contributed by atoms with Crippen molar-refractivity contribution in [2.45, 2.75) is 27.2 Å². The predicted octanol–water partition coefficient (Wildman–Crippen LogP) is 1.43. The molecule has 3 rings (SSSR count). The highest BCUT2D eigenvalue weighted by molar-refractivity contribution is 5.93. The normalized spacial score (nSPS) is 15.3. The molecule has 1 fully saturated rings. The van der Waals surface area contributed by atoms with E-state index in [1.807, 2.05) is 37.8 Å². The second kappa shape index (κ2) is 8.73. The van der Waals surface area contributed by atoms with Gasteiger partial charge in [-0.3, -0.25) is 14.5 Å². The Kier molecular flexibility index (Phi) is 6.32. The van der Waals surface area contributed by atoms with Crippen LogP contribution in [0.4, 0.5) is 0 Å². The van der Waals surface area contributed by atoms with Crippen molar-refractivity contribution in [3.8, 4) is 5.69 Å². The monoisotopic (exact) mass is 398 g/mol. The fraction of sp³-hybridized carbons (Fsp3) is 0.524. The molecule has 8 nitrogen and oxygen atoms in total. The molecule has 1 aliphatic heterocycles. The summed E-state index contributed by atoms with van der Waals surface area (Å²) in [5, 5.41) is 8.99. The Morgan fingerprint density at radius 3 is 2.48 bits per heavy atom. The second-order valence-electron chi connectivity index (χ2n) is 7.92.